The summed E-state index contributed by atoms with van der Waals surface area (Å²) in [6, 6.07) is 3.56. The number of ketones is 1. The van der Waals surface area contributed by atoms with E-state index in [4.69, 9.17) is 4.74 Å². The van der Waals surface area contributed by atoms with Crippen molar-refractivity contribution in [1.29, 1.82) is 0 Å². The highest BCUT2D eigenvalue weighted by Gasteiger charge is 2.52. The number of aliphatic hydroxyl groups is 2. The van der Waals surface area contributed by atoms with Crippen molar-refractivity contribution in [3.05, 3.63) is 44.0 Å². The zero-order valence-electron chi connectivity index (χ0n) is 24.7. The third-order valence-corrected chi connectivity index (χ3v) is 10.4. The largest absolute Gasteiger partial charge is 0.458 e. The first kappa shape index (κ1) is 31.5. The van der Waals surface area contributed by atoms with Gasteiger partial charge in [0.15, 0.2) is 0 Å². The Morgan fingerprint density at radius 1 is 1.17 bits per heavy atom. The minimum absolute atomic E-state index is 0.0130. The first-order valence-electron chi connectivity index (χ1n) is 14.4. The predicted octanol–water partition coefficient (Wildman–Crippen LogP) is 5.27. The Kier molecular flexibility index (Phi) is 9.89. The Labute approximate surface area is 250 Å². The van der Waals surface area contributed by atoms with E-state index in [0.29, 0.717) is 17.7 Å². The molecule has 0 aromatic carbocycles. The molecular weight excluding hydrogens is 560 g/mol. The van der Waals surface area contributed by atoms with Crippen LogP contribution in [0.25, 0.3) is 6.08 Å². The summed E-state index contributed by atoms with van der Waals surface area (Å²) in [4.78, 5) is 47.1. The third-order valence-electron chi connectivity index (χ3n) is 8.78. The molecule has 2 fully saturated rings. The standard InChI is InChI=1S/C31H42N2O6S2/c1-17-9-7-10-22-23(33(22)30(38)25-11-8-12-40-25)14-24(18(2)13-21-16-41-20(4)32-21)39-27(35)15-26(34)31(5,6)29(37)19(3)28(17)36/h8,11-13,16-17,19,22-24,26,28,34,36H,7,9-10,14-15H2,1-6H3/b18-13+/t17?,19?,22?,23?,24-,26?,28-,33?/m0/s1. The number of carbonyl (C=O) groups excluding carboxylic acids is 3. The Bertz CT molecular complexity index is 1270. The number of Topliss-reactive ketones (excluding diaryl/α,β-unsaturated/α-hetero) is 1. The number of thiophene rings is 1. The number of amides is 1. The molecule has 2 saturated heterocycles. The Morgan fingerprint density at radius 2 is 1.90 bits per heavy atom. The molecule has 2 aromatic rings. The van der Waals surface area contributed by atoms with E-state index in [2.05, 4.69) is 4.98 Å². The highest BCUT2D eigenvalue weighted by Crippen LogP contribution is 2.41. The van der Waals surface area contributed by atoms with Crippen molar-refractivity contribution < 1.29 is 29.3 Å². The Balaban J connectivity index is 1.65. The molecule has 7 atom stereocenters. The fourth-order valence-electron chi connectivity index (χ4n) is 5.92. The van der Waals surface area contributed by atoms with Crippen LogP contribution in [-0.4, -0.2) is 68.2 Å². The number of carbonyl (C=O) groups is 3. The summed E-state index contributed by atoms with van der Waals surface area (Å²) in [6.45, 7) is 10.7. The summed E-state index contributed by atoms with van der Waals surface area (Å²) in [5.74, 6) is -1.78. The number of hydrogen-bond acceptors (Lipinski definition) is 9. The van der Waals surface area contributed by atoms with Gasteiger partial charge in [0.2, 0.25) is 0 Å². The molecule has 2 N–H and O–H groups in total. The zero-order chi connectivity index (χ0) is 30.1. The van der Waals surface area contributed by atoms with E-state index in [0.717, 1.165) is 29.1 Å². The molecule has 0 radical (unpaired) electrons. The maximum absolute atomic E-state index is 13.4. The van der Waals surface area contributed by atoms with Crippen molar-refractivity contribution >= 4 is 46.4 Å². The van der Waals surface area contributed by atoms with E-state index in [-0.39, 0.29) is 36.1 Å². The van der Waals surface area contributed by atoms with Crippen molar-refractivity contribution in [3.63, 3.8) is 0 Å². The lowest BCUT2D eigenvalue weighted by molar-refractivity contribution is -0.154. The molecule has 8 nitrogen and oxygen atoms in total. The van der Waals surface area contributed by atoms with Crippen LogP contribution in [0.2, 0.25) is 0 Å². The maximum atomic E-state index is 13.4. The number of cyclic esters (lactones) is 1. The molecule has 0 aliphatic carbocycles. The van der Waals surface area contributed by atoms with Gasteiger partial charge < -0.3 is 19.8 Å². The van der Waals surface area contributed by atoms with Gasteiger partial charge in [0.05, 0.1) is 51.7 Å². The van der Waals surface area contributed by atoms with Gasteiger partial charge in [0.1, 0.15) is 11.9 Å². The molecule has 2 aliphatic rings. The normalized spacial score (nSPS) is 31.9. The first-order valence-corrected chi connectivity index (χ1v) is 16.1. The van der Waals surface area contributed by atoms with Crippen molar-refractivity contribution in [2.45, 2.75) is 104 Å². The molecule has 41 heavy (non-hydrogen) atoms. The van der Waals surface area contributed by atoms with E-state index in [9.17, 15) is 24.6 Å². The van der Waals surface area contributed by atoms with Crippen molar-refractivity contribution in [2.24, 2.45) is 17.3 Å². The minimum atomic E-state index is -1.28. The molecule has 0 bridgehead atoms. The molecule has 10 heteroatoms. The number of nitrogens with zero attached hydrogens (tertiary/aromatic N) is 2. The van der Waals surface area contributed by atoms with E-state index in [1.54, 1.807) is 20.8 Å². The summed E-state index contributed by atoms with van der Waals surface area (Å²) in [5, 5.41) is 26.8. The van der Waals surface area contributed by atoms with E-state index in [1.807, 2.05) is 54.6 Å². The second kappa shape index (κ2) is 12.9. The smallest absolute Gasteiger partial charge is 0.309 e. The van der Waals surface area contributed by atoms with Gasteiger partial charge in [-0.1, -0.05) is 40.2 Å². The van der Waals surface area contributed by atoms with Gasteiger partial charge in [-0.25, -0.2) is 4.98 Å². The van der Waals surface area contributed by atoms with Crippen LogP contribution in [0.1, 0.15) is 87.1 Å². The molecule has 0 spiro atoms. The molecule has 224 valence electrons. The van der Waals surface area contributed by atoms with Crippen molar-refractivity contribution in [3.8, 4) is 0 Å². The number of fused-ring (bicyclic) bond motifs is 1. The second-order valence-corrected chi connectivity index (χ2v) is 14.2. The third kappa shape index (κ3) is 7.16. The Hall–Kier alpha value is -2.40. The number of rotatable bonds is 3. The highest BCUT2D eigenvalue weighted by molar-refractivity contribution is 7.12. The topological polar surface area (TPSA) is 117 Å². The number of aryl methyl sites for hydroxylation is 1. The van der Waals surface area contributed by atoms with Gasteiger partial charge in [-0.05, 0) is 55.7 Å². The lowest BCUT2D eigenvalue weighted by Crippen LogP contribution is -2.45. The van der Waals surface area contributed by atoms with Gasteiger partial charge in [0, 0.05) is 17.7 Å². The van der Waals surface area contributed by atoms with Crippen LogP contribution in [0.3, 0.4) is 0 Å². The molecule has 2 aliphatic heterocycles. The number of thiazole rings is 1. The molecule has 2 aromatic heterocycles. The lowest BCUT2D eigenvalue weighted by Gasteiger charge is -2.34. The number of hydrogen-bond donors (Lipinski definition) is 2. The average molecular weight is 603 g/mol. The van der Waals surface area contributed by atoms with Crippen molar-refractivity contribution in [2.75, 3.05) is 0 Å². The number of esters is 1. The number of aliphatic hydroxyl groups excluding tert-OH is 2. The molecular formula is C31H42N2O6S2. The SMILES string of the molecule is C/C(=C\c1csc(C)n1)[C@@H]1CC2C(CCCC(C)[C@H](O)C(C)C(=O)C(C)(C)C(O)CC(=O)O1)N2C(=O)c1cccs1. The summed E-state index contributed by atoms with van der Waals surface area (Å²) in [6.07, 6.45) is 1.41. The fourth-order valence-corrected chi connectivity index (χ4v) is 7.16. The number of aromatic nitrogens is 1. The molecule has 0 saturated carbocycles. The lowest BCUT2D eigenvalue weighted by atomic mass is 9.73. The van der Waals surface area contributed by atoms with E-state index >= 15 is 0 Å². The van der Waals surface area contributed by atoms with Crippen LogP contribution < -0.4 is 0 Å². The van der Waals surface area contributed by atoms with Gasteiger partial charge in [-0.3, -0.25) is 14.4 Å². The van der Waals surface area contributed by atoms with Crippen LogP contribution in [0.15, 0.2) is 28.5 Å². The first-order chi connectivity index (χ1) is 19.3. The van der Waals surface area contributed by atoms with E-state index in [1.165, 1.54) is 22.7 Å². The van der Waals surface area contributed by atoms with Gasteiger partial charge >= 0.3 is 5.97 Å². The monoisotopic (exact) mass is 602 g/mol. The molecule has 4 heterocycles. The minimum Gasteiger partial charge on any atom is -0.458 e. The van der Waals surface area contributed by atoms with Gasteiger partial charge in [-0.2, -0.15) is 0 Å². The predicted molar refractivity (Wildman–Crippen MR) is 161 cm³/mol. The van der Waals surface area contributed by atoms with Gasteiger partial charge in [-0.15, -0.1) is 22.7 Å². The van der Waals surface area contributed by atoms with Crippen LogP contribution >= 0.6 is 22.7 Å². The molecule has 4 rings (SSSR count). The summed E-state index contributed by atoms with van der Waals surface area (Å²) < 4.78 is 5.98. The molecule has 5 unspecified atom stereocenters. The van der Waals surface area contributed by atoms with Crippen molar-refractivity contribution in [1.82, 2.24) is 9.88 Å². The summed E-state index contributed by atoms with van der Waals surface area (Å²) in [7, 11) is 0. The van der Waals surface area contributed by atoms with Gasteiger partial charge in [0.25, 0.3) is 5.91 Å². The second-order valence-electron chi connectivity index (χ2n) is 12.2. The van der Waals surface area contributed by atoms with Crippen LogP contribution in [0.5, 0.6) is 0 Å². The average Bonchev–Trinajstić information content (AvgIpc) is 3.25. The number of ether oxygens (including phenoxy) is 1. The van der Waals surface area contributed by atoms with E-state index < -0.39 is 35.6 Å². The van der Waals surface area contributed by atoms with Crippen LogP contribution in [-0.2, 0) is 14.3 Å². The quantitative estimate of drug-likeness (QED) is 0.363. The fraction of sp³-hybridized carbons (Fsp3) is 0.613. The Morgan fingerprint density at radius 3 is 2.54 bits per heavy atom. The molecule has 1 amide bonds. The maximum Gasteiger partial charge on any atom is 0.309 e. The summed E-state index contributed by atoms with van der Waals surface area (Å²) >= 11 is 2.94. The summed E-state index contributed by atoms with van der Waals surface area (Å²) in [5.41, 5.74) is 0.328. The zero-order valence-corrected chi connectivity index (χ0v) is 26.3. The highest BCUT2D eigenvalue weighted by atomic mass is 32.1. The van der Waals surface area contributed by atoms with Crippen LogP contribution in [0.4, 0.5) is 0 Å². The van der Waals surface area contributed by atoms with Crippen LogP contribution in [0, 0.1) is 24.2 Å².